The molecule has 0 bridgehead atoms. The standard InChI is InChI=1S/C16H13N3O4S/c1-20-16-18-19-8-10(17-15(19)24-16)12-7-9-3-4-11-14(13(9)23-12)22-6-2-5-21-11/h3-4,7-8H,2,5-6H2,1H3. The molecule has 0 amide bonds. The van der Waals surface area contributed by atoms with Crippen LogP contribution in [0.15, 0.2) is 28.8 Å². The molecule has 0 spiro atoms. The lowest BCUT2D eigenvalue weighted by atomic mass is 10.2. The summed E-state index contributed by atoms with van der Waals surface area (Å²) in [4.78, 5) is 5.30. The molecule has 3 aromatic heterocycles. The van der Waals surface area contributed by atoms with Crippen LogP contribution in [-0.2, 0) is 0 Å². The molecule has 0 aliphatic carbocycles. The van der Waals surface area contributed by atoms with E-state index in [0.717, 1.165) is 28.2 Å². The van der Waals surface area contributed by atoms with Crippen LogP contribution in [0.1, 0.15) is 6.42 Å². The normalized spacial score (nSPS) is 14.2. The monoisotopic (exact) mass is 343 g/mol. The number of benzene rings is 1. The van der Waals surface area contributed by atoms with Gasteiger partial charge in [-0.15, -0.1) is 5.10 Å². The summed E-state index contributed by atoms with van der Waals surface area (Å²) in [6.45, 7) is 1.27. The minimum absolute atomic E-state index is 0.574. The molecule has 0 N–H and O–H groups in total. The average Bonchev–Trinajstić information content (AvgIpc) is 3.22. The zero-order valence-corrected chi connectivity index (χ0v) is 13.6. The largest absolute Gasteiger partial charge is 0.489 e. The molecule has 24 heavy (non-hydrogen) atoms. The Morgan fingerprint density at radius 2 is 2.17 bits per heavy atom. The lowest BCUT2D eigenvalue weighted by Gasteiger charge is -2.06. The number of imidazole rings is 1. The molecular formula is C16H13N3O4S. The summed E-state index contributed by atoms with van der Waals surface area (Å²) < 4.78 is 24.4. The fourth-order valence-electron chi connectivity index (χ4n) is 2.73. The van der Waals surface area contributed by atoms with Crippen LogP contribution < -0.4 is 14.2 Å². The Kier molecular flexibility index (Phi) is 2.93. The van der Waals surface area contributed by atoms with Crippen LogP contribution in [0.4, 0.5) is 0 Å². The first kappa shape index (κ1) is 13.7. The predicted molar refractivity (Wildman–Crippen MR) is 88.2 cm³/mol. The van der Waals surface area contributed by atoms with Crippen molar-refractivity contribution in [3.63, 3.8) is 0 Å². The summed E-state index contributed by atoms with van der Waals surface area (Å²) >= 11 is 1.38. The Balaban J connectivity index is 1.63. The summed E-state index contributed by atoms with van der Waals surface area (Å²) in [7, 11) is 1.59. The third-order valence-corrected chi connectivity index (χ3v) is 4.73. The number of hydrogen-bond donors (Lipinski definition) is 0. The molecular weight excluding hydrogens is 330 g/mol. The molecule has 122 valence electrons. The highest BCUT2D eigenvalue weighted by Gasteiger charge is 2.20. The van der Waals surface area contributed by atoms with Crippen LogP contribution in [0.2, 0.25) is 0 Å². The van der Waals surface area contributed by atoms with Crippen molar-refractivity contribution < 1.29 is 18.6 Å². The first-order valence-corrected chi connectivity index (χ1v) is 8.36. The molecule has 1 aliphatic rings. The third kappa shape index (κ3) is 2.03. The fourth-order valence-corrected chi connectivity index (χ4v) is 3.43. The van der Waals surface area contributed by atoms with E-state index in [4.69, 9.17) is 18.6 Å². The molecule has 5 rings (SSSR count). The van der Waals surface area contributed by atoms with E-state index >= 15 is 0 Å². The van der Waals surface area contributed by atoms with Gasteiger partial charge in [-0.3, -0.25) is 0 Å². The van der Waals surface area contributed by atoms with Crippen molar-refractivity contribution in [3.05, 3.63) is 24.4 Å². The van der Waals surface area contributed by atoms with Crippen molar-refractivity contribution >= 4 is 27.3 Å². The van der Waals surface area contributed by atoms with E-state index < -0.39 is 0 Å². The highest BCUT2D eigenvalue weighted by Crippen LogP contribution is 2.40. The predicted octanol–water partition coefficient (Wildman–Crippen LogP) is 3.37. The minimum Gasteiger partial charge on any atom is -0.489 e. The van der Waals surface area contributed by atoms with Gasteiger partial charge in [0.1, 0.15) is 5.69 Å². The van der Waals surface area contributed by atoms with Gasteiger partial charge in [-0.05, 0) is 29.5 Å². The average molecular weight is 343 g/mol. The Bertz CT molecular complexity index is 1020. The molecule has 1 aromatic carbocycles. The maximum Gasteiger partial charge on any atom is 0.294 e. The van der Waals surface area contributed by atoms with Crippen LogP contribution >= 0.6 is 11.3 Å². The van der Waals surface area contributed by atoms with Gasteiger partial charge in [-0.2, -0.15) is 0 Å². The van der Waals surface area contributed by atoms with Gasteiger partial charge in [0.05, 0.1) is 26.5 Å². The summed E-state index contributed by atoms with van der Waals surface area (Å²) in [6.07, 6.45) is 2.68. The molecule has 0 unspecified atom stereocenters. The number of rotatable bonds is 2. The fraction of sp³-hybridized carbons (Fsp3) is 0.250. The van der Waals surface area contributed by atoms with Crippen LogP contribution in [0, 0.1) is 0 Å². The van der Waals surface area contributed by atoms with Crippen molar-refractivity contribution in [2.45, 2.75) is 6.42 Å². The van der Waals surface area contributed by atoms with Crippen molar-refractivity contribution in [2.24, 2.45) is 0 Å². The quantitative estimate of drug-likeness (QED) is 0.556. The van der Waals surface area contributed by atoms with E-state index in [1.165, 1.54) is 11.3 Å². The Hall–Kier alpha value is -2.74. The molecule has 8 heteroatoms. The molecule has 0 atom stereocenters. The van der Waals surface area contributed by atoms with Crippen LogP contribution in [0.25, 0.3) is 27.4 Å². The SMILES string of the molecule is COc1nn2cc(-c3cc4ccc5c(c4o3)OCCCO5)nc2s1. The molecule has 0 fully saturated rings. The van der Waals surface area contributed by atoms with Crippen molar-refractivity contribution in [1.82, 2.24) is 14.6 Å². The zero-order chi connectivity index (χ0) is 16.1. The Morgan fingerprint density at radius 3 is 3.04 bits per heavy atom. The molecule has 7 nitrogen and oxygen atoms in total. The number of nitrogens with zero attached hydrogens (tertiary/aromatic N) is 3. The lowest BCUT2D eigenvalue weighted by molar-refractivity contribution is 0.296. The van der Waals surface area contributed by atoms with Gasteiger partial charge in [-0.1, -0.05) is 0 Å². The summed E-state index contributed by atoms with van der Waals surface area (Å²) in [5, 5.41) is 5.81. The molecule has 1 aliphatic heterocycles. The smallest absolute Gasteiger partial charge is 0.294 e. The molecule has 4 heterocycles. The number of aromatic nitrogens is 3. The van der Waals surface area contributed by atoms with E-state index in [0.29, 0.717) is 35.5 Å². The second-order valence-corrected chi connectivity index (χ2v) is 6.32. The van der Waals surface area contributed by atoms with Gasteiger partial charge in [0.15, 0.2) is 17.1 Å². The van der Waals surface area contributed by atoms with E-state index in [2.05, 4.69) is 10.1 Å². The van der Waals surface area contributed by atoms with Crippen molar-refractivity contribution in [1.29, 1.82) is 0 Å². The zero-order valence-electron chi connectivity index (χ0n) is 12.8. The van der Waals surface area contributed by atoms with E-state index in [9.17, 15) is 0 Å². The van der Waals surface area contributed by atoms with E-state index in [1.54, 1.807) is 11.6 Å². The van der Waals surface area contributed by atoms with E-state index in [1.807, 2.05) is 24.4 Å². The lowest BCUT2D eigenvalue weighted by Crippen LogP contribution is -1.97. The highest BCUT2D eigenvalue weighted by atomic mass is 32.1. The van der Waals surface area contributed by atoms with Gasteiger partial charge in [0.2, 0.25) is 10.7 Å². The Labute approximate surface area is 140 Å². The molecule has 0 radical (unpaired) electrons. The first-order chi connectivity index (χ1) is 11.8. The van der Waals surface area contributed by atoms with Gasteiger partial charge < -0.3 is 18.6 Å². The third-order valence-electron chi connectivity index (χ3n) is 3.85. The summed E-state index contributed by atoms with van der Waals surface area (Å²) in [6, 6.07) is 5.84. The number of fused-ring (bicyclic) bond motifs is 4. The second kappa shape index (κ2) is 5.13. The molecule has 0 saturated heterocycles. The van der Waals surface area contributed by atoms with Gasteiger partial charge in [0.25, 0.3) is 5.19 Å². The number of hydrogen-bond acceptors (Lipinski definition) is 7. The molecule has 0 saturated carbocycles. The maximum absolute atomic E-state index is 6.03. The summed E-state index contributed by atoms with van der Waals surface area (Å²) in [5.74, 6) is 2.05. The van der Waals surface area contributed by atoms with Crippen LogP contribution in [0.5, 0.6) is 16.7 Å². The number of ether oxygens (including phenoxy) is 3. The first-order valence-electron chi connectivity index (χ1n) is 7.54. The number of furan rings is 1. The van der Waals surface area contributed by atoms with Gasteiger partial charge >= 0.3 is 0 Å². The maximum atomic E-state index is 6.03. The minimum atomic E-state index is 0.574. The van der Waals surface area contributed by atoms with Gasteiger partial charge in [-0.25, -0.2) is 9.50 Å². The van der Waals surface area contributed by atoms with Crippen LogP contribution in [-0.4, -0.2) is 34.9 Å². The van der Waals surface area contributed by atoms with Crippen LogP contribution in [0.3, 0.4) is 0 Å². The number of methoxy groups -OCH3 is 1. The van der Waals surface area contributed by atoms with E-state index in [-0.39, 0.29) is 0 Å². The Morgan fingerprint density at radius 1 is 1.25 bits per heavy atom. The topological polar surface area (TPSA) is 71.0 Å². The van der Waals surface area contributed by atoms with Gasteiger partial charge in [0, 0.05) is 11.8 Å². The van der Waals surface area contributed by atoms with Crippen molar-refractivity contribution in [3.8, 4) is 28.1 Å². The highest BCUT2D eigenvalue weighted by molar-refractivity contribution is 7.18. The van der Waals surface area contributed by atoms with Crippen molar-refractivity contribution in [2.75, 3.05) is 20.3 Å². The summed E-state index contributed by atoms with van der Waals surface area (Å²) in [5.41, 5.74) is 1.40. The second-order valence-electron chi connectivity index (χ2n) is 5.40. The molecule has 4 aromatic rings.